The molecule has 0 spiro atoms. The lowest BCUT2D eigenvalue weighted by Gasteiger charge is -2.33. The molecule has 0 radical (unpaired) electrons. The highest BCUT2D eigenvalue weighted by molar-refractivity contribution is 7.89. The van der Waals surface area contributed by atoms with Crippen molar-refractivity contribution in [3.63, 3.8) is 0 Å². The first-order chi connectivity index (χ1) is 17.3. The van der Waals surface area contributed by atoms with Crippen LogP contribution in [0.25, 0.3) is 12.2 Å². The van der Waals surface area contributed by atoms with E-state index in [9.17, 15) is 13.2 Å². The van der Waals surface area contributed by atoms with E-state index in [-0.39, 0.29) is 29.0 Å². The number of hydrogen-bond donors (Lipinski definition) is 0. The Morgan fingerprint density at radius 3 is 2.72 bits per heavy atom. The number of rotatable bonds is 5. The van der Waals surface area contributed by atoms with Crippen molar-refractivity contribution in [2.45, 2.75) is 44.9 Å². The zero-order valence-corrected chi connectivity index (χ0v) is 21.7. The number of sulfonamides is 1. The maximum atomic E-state index is 13.8. The molecule has 0 saturated carbocycles. The Hall–Kier alpha value is -3.23. The Labute approximate surface area is 212 Å². The lowest BCUT2D eigenvalue weighted by atomic mass is 9.98. The molecule has 2 aromatic carbocycles. The van der Waals surface area contributed by atoms with E-state index in [2.05, 4.69) is 5.16 Å². The van der Waals surface area contributed by atoms with Crippen LogP contribution in [0.4, 0.5) is 5.69 Å². The van der Waals surface area contributed by atoms with Crippen molar-refractivity contribution in [3.8, 4) is 0 Å². The summed E-state index contributed by atoms with van der Waals surface area (Å²) in [4.78, 5) is 15.3. The predicted molar refractivity (Wildman–Crippen MR) is 140 cm³/mol. The van der Waals surface area contributed by atoms with Crippen LogP contribution in [0.1, 0.15) is 46.5 Å². The van der Waals surface area contributed by atoms with Crippen molar-refractivity contribution in [2.24, 2.45) is 5.92 Å². The summed E-state index contributed by atoms with van der Waals surface area (Å²) >= 11 is 0. The fourth-order valence-corrected chi connectivity index (χ4v) is 6.96. The monoisotopic (exact) mass is 505 g/mol. The number of aromatic nitrogens is 1. The van der Waals surface area contributed by atoms with Gasteiger partial charge < -0.3 is 9.42 Å². The maximum absolute atomic E-state index is 13.8. The summed E-state index contributed by atoms with van der Waals surface area (Å²) in [5.74, 6) is -0.180. The van der Waals surface area contributed by atoms with Crippen LogP contribution in [0.2, 0.25) is 0 Å². The fourth-order valence-electron chi connectivity index (χ4n) is 5.18. The van der Waals surface area contributed by atoms with Crippen LogP contribution >= 0.6 is 0 Å². The van der Waals surface area contributed by atoms with E-state index in [0.717, 1.165) is 34.4 Å². The minimum atomic E-state index is -3.90. The number of carbonyl (C=O) groups excluding carboxylic acids is 1. The van der Waals surface area contributed by atoms with Gasteiger partial charge in [0.15, 0.2) is 10.7 Å². The molecule has 1 atom stereocenters. The number of carbonyl (C=O) groups is 1. The van der Waals surface area contributed by atoms with Gasteiger partial charge in [0.1, 0.15) is 5.69 Å². The van der Waals surface area contributed by atoms with Gasteiger partial charge in [-0.15, -0.1) is 0 Å². The van der Waals surface area contributed by atoms with E-state index < -0.39 is 10.0 Å². The maximum Gasteiger partial charge on any atom is 0.248 e. The highest BCUT2D eigenvalue weighted by Gasteiger charge is 2.39. The van der Waals surface area contributed by atoms with E-state index in [1.54, 1.807) is 13.0 Å². The van der Waals surface area contributed by atoms with Crippen LogP contribution in [-0.4, -0.2) is 43.4 Å². The number of piperidine rings is 1. The van der Waals surface area contributed by atoms with Gasteiger partial charge in [0.25, 0.3) is 0 Å². The van der Waals surface area contributed by atoms with Gasteiger partial charge in [-0.25, -0.2) is 8.42 Å². The second kappa shape index (κ2) is 9.67. The van der Waals surface area contributed by atoms with Crippen molar-refractivity contribution in [1.29, 1.82) is 0 Å². The first kappa shape index (κ1) is 24.5. The van der Waals surface area contributed by atoms with Gasteiger partial charge in [0.2, 0.25) is 15.9 Å². The van der Waals surface area contributed by atoms with Gasteiger partial charge in [-0.3, -0.25) is 4.79 Å². The minimum absolute atomic E-state index is 0.00284. The average Bonchev–Trinajstić information content (AvgIpc) is 3.48. The van der Waals surface area contributed by atoms with Gasteiger partial charge in [-0.05, 0) is 68.9 Å². The summed E-state index contributed by atoms with van der Waals surface area (Å²) in [5.41, 5.74) is 5.60. The molecule has 0 unspecified atom stereocenters. The molecule has 8 heteroatoms. The molecule has 3 heterocycles. The first-order valence-electron chi connectivity index (χ1n) is 12.4. The smallest absolute Gasteiger partial charge is 0.248 e. The average molecular weight is 506 g/mol. The summed E-state index contributed by atoms with van der Waals surface area (Å²) in [6.07, 6.45) is 5.65. The molecule has 1 aromatic heterocycles. The van der Waals surface area contributed by atoms with E-state index in [1.807, 2.05) is 67.3 Å². The van der Waals surface area contributed by atoms with Gasteiger partial charge in [-0.1, -0.05) is 53.2 Å². The molecule has 36 heavy (non-hydrogen) atoms. The molecular weight excluding hydrogens is 474 g/mol. The zero-order valence-electron chi connectivity index (χ0n) is 20.9. The topological polar surface area (TPSA) is 83.7 Å². The van der Waals surface area contributed by atoms with Gasteiger partial charge in [0.05, 0.1) is 5.92 Å². The van der Waals surface area contributed by atoms with E-state index in [4.69, 9.17) is 4.52 Å². The van der Waals surface area contributed by atoms with E-state index >= 15 is 0 Å². The molecule has 2 aliphatic rings. The second-order valence-corrected chi connectivity index (χ2v) is 11.6. The normalized spacial score (nSPS) is 18.6. The van der Waals surface area contributed by atoms with Gasteiger partial charge in [-0.2, -0.15) is 4.31 Å². The number of hydrogen-bond acceptors (Lipinski definition) is 5. The number of anilines is 1. The highest BCUT2D eigenvalue weighted by atomic mass is 32.2. The molecule has 7 nitrogen and oxygen atoms in total. The molecule has 0 bridgehead atoms. The third-order valence-electron chi connectivity index (χ3n) is 7.17. The summed E-state index contributed by atoms with van der Waals surface area (Å²) in [5, 5.41) is 3.96. The SMILES string of the molecule is Cc1ccc(C)c(/C=C/c2onc(C)c2S(=O)(=O)N2CCC[C@H](C(=O)N3CCc4ccccc43)C2)c1. The zero-order chi connectivity index (χ0) is 25.4. The van der Waals surface area contributed by atoms with Crippen LogP contribution in [0, 0.1) is 26.7 Å². The van der Waals surface area contributed by atoms with Crippen LogP contribution < -0.4 is 4.90 Å². The lowest BCUT2D eigenvalue weighted by molar-refractivity contribution is -0.123. The molecule has 2 aliphatic heterocycles. The standard InChI is InChI=1S/C28H31N3O4S/c1-19-10-11-20(2)23(17-19)12-13-26-27(21(3)29-35-26)36(33,34)30-15-6-8-24(18-30)28(32)31-16-14-22-7-4-5-9-25(22)31/h4-5,7,9-13,17,24H,6,8,14-16,18H2,1-3H3/b13-12+/t24-/m0/s1. The van der Waals surface area contributed by atoms with E-state index in [1.165, 1.54) is 4.31 Å². The van der Waals surface area contributed by atoms with Crippen molar-refractivity contribution < 1.29 is 17.7 Å². The van der Waals surface area contributed by atoms with Crippen LogP contribution in [0.5, 0.6) is 0 Å². The second-order valence-electron chi connectivity index (χ2n) is 9.73. The third kappa shape index (κ3) is 4.51. The quantitative estimate of drug-likeness (QED) is 0.499. The number of nitrogens with zero attached hydrogens (tertiary/aromatic N) is 3. The molecular formula is C28H31N3O4S. The van der Waals surface area contributed by atoms with Crippen molar-refractivity contribution in [3.05, 3.63) is 76.2 Å². The first-order valence-corrected chi connectivity index (χ1v) is 13.8. The molecule has 188 valence electrons. The molecule has 0 aliphatic carbocycles. The molecule has 1 saturated heterocycles. The van der Waals surface area contributed by atoms with Crippen LogP contribution in [-0.2, 0) is 21.2 Å². The van der Waals surface area contributed by atoms with Gasteiger partial charge >= 0.3 is 0 Å². The van der Waals surface area contributed by atoms with Crippen molar-refractivity contribution in [1.82, 2.24) is 9.46 Å². The molecule has 0 N–H and O–H groups in total. The molecule has 1 amide bonds. The summed E-state index contributed by atoms with van der Waals surface area (Å²) in [7, 11) is -3.90. The lowest BCUT2D eigenvalue weighted by Crippen LogP contribution is -2.46. The van der Waals surface area contributed by atoms with Gasteiger partial charge in [0, 0.05) is 25.3 Å². The predicted octanol–water partition coefficient (Wildman–Crippen LogP) is 4.76. The third-order valence-corrected chi connectivity index (χ3v) is 9.19. The largest absolute Gasteiger partial charge is 0.355 e. The number of benzene rings is 2. The Morgan fingerprint density at radius 1 is 1.08 bits per heavy atom. The molecule has 1 fully saturated rings. The van der Waals surface area contributed by atoms with Crippen LogP contribution in [0.15, 0.2) is 51.9 Å². The Morgan fingerprint density at radius 2 is 1.89 bits per heavy atom. The summed E-state index contributed by atoms with van der Waals surface area (Å²) in [6.45, 7) is 6.82. The van der Waals surface area contributed by atoms with Crippen molar-refractivity contribution in [2.75, 3.05) is 24.5 Å². The number of fused-ring (bicyclic) bond motifs is 1. The van der Waals surface area contributed by atoms with E-state index in [0.29, 0.717) is 31.6 Å². The highest BCUT2D eigenvalue weighted by Crippen LogP contribution is 2.33. The Bertz CT molecular complexity index is 1440. The number of aryl methyl sites for hydroxylation is 3. The Balaban J connectivity index is 1.39. The molecule has 5 rings (SSSR count). The Kier molecular flexibility index (Phi) is 6.57. The fraction of sp³-hybridized carbons (Fsp3) is 0.357. The molecule has 3 aromatic rings. The summed E-state index contributed by atoms with van der Waals surface area (Å²) in [6, 6.07) is 14.0. The number of para-hydroxylation sites is 1. The summed E-state index contributed by atoms with van der Waals surface area (Å²) < 4.78 is 34.4. The minimum Gasteiger partial charge on any atom is -0.355 e. The van der Waals surface area contributed by atoms with Crippen molar-refractivity contribution >= 4 is 33.8 Å². The number of amides is 1. The van der Waals surface area contributed by atoms with Crippen LogP contribution in [0.3, 0.4) is 0 Å².